The molecule has 29 heavy (non-hydrogen) atoms. The Morgan fingerprint density at radius 2 is 1.72 bits per heavy atom. The lowest BCUT2D eigenvalue weighted by atomic mass is 10.1. The van der Waals surface area contributed by atoms with Crippen molar-refractivity contribution in [3.8, 4) is 5.88 Å². The average Bonchev–Trinajstić information content (AvgIpc) is 3.33. The molecule has 0 spiro atoms. The van der Waals surface area contributed by atoms with Gasteiger partial charge in [0.15, 0.2) is 5.13 Å². The number of nitrogens with zero attached hydrogens (tertiary/aromatic N) is 4. The molecule has 1 N–H and O–H groups in total. The van der Waals surface area contributed by atoms with E-state index in [4.69, 9.17) is 0 Å². The van der Waals surface area contributed by atoms with Gasteiger partial charge in [0.2, 0.25) is 5.88 Å². The first kappa shape index (κ1) is 18.1. The van der Waals surface area contributed by atoms with E-state index < -0.39 is 0 Å². The van der Waals surface area contributed by atoms with Crippen LogP contribution in [0.1, 0.15) is 16.0 Å². The number of rotatable bonds is 4. The van der Waals surface area contributed by atoms with Crippen molar-refractivity contribution in [2.24, 2.45) is 4.99 Å². The number of hydrogen-bond donors (Lipinski definition) is 1. The highest BCUT2D eigenvalue weighted by molar-refractivity contribution is 7.16. The number of aromatic hydroxyl groups is 1. The lowest BCUT2D eigenvalue weighted by Gasteiger charge is -2.34. The average molecular weight is 403 g/mol. The molecule has 5 rings (SSSR count). The molecule has 1 saturated heterocycles. The Bertz CT molecular complexity index is 1070. The molecule has 3 heterocycles. The lowest BCUT2D eigenvalue weighted by molar-refractivity contribution is 0.249. The van der Waals surface area contributed by atoms with Gasteiger partial charge in [0.05, 0.1) is 10.6 Å². The summed E-state index contributed by atoms with van der Waals surface area (Å²) in [5.74, 6) is 0.0991. The van der Waals surface area contributed by atoms with Crippen LogP contribution in [0.3, 0.4) is 0 Å². The van der Waals surface area contributed by atoms with Crippen molar-refractivity contribution in [2.75, 3.05) is 31.1 Å². The molecule has 6 heteroatoms. The summed E-state index contributed by atoms with van der Waals surface area (Å²) in [6.45, 7) is 4.80. The van der Waals surface area contributed by atoms with E-state index in [1.54, 1.807) is 11.3 Å². The van der Waals surface area contributed by atoms with Crippen molar-refractivity contribution in [1.82, 2.24) is 9.88 Å². The summed E-state index contributed by atoms with van der Waals surface area (Å²) in [5.41, 5.74) is 4.42. The SMILES string of the molecule is Oc1nc(N2CCN(Cc3ccccc3)CC2)sc1C=C1C=Nc2ccccc21. The van der Waals surface area contributed by atoms with Gasteiger partial charge < -0.3 is 10.0 Å². The highest BCUT2D eigenvalue weighted by Gasteiger charge is 2.22. The molecule has 2 aliphatic heterocycles. The zero-order chi connectivity index (χ0) is 19.6. The number of hydrogen-bond acceptors (Lipinski definition) is 6. The summed E-state index contributed by atoms with van der Waals surface area (Å²) in [6.07, 6.45) is 3.84. The minimum Gasteiger partial charge on any atom is -0.492 e. The van der Waals surface area contributed by atoms with Gasteiger partial charge in [-0.25, -0.2) is 0 Å². The Kier molecular flexibility index (Phi) is 4.87. The number of para-hydroxylation sites is 1. The van der Waals surface area contributed by atoms with Crippen LogP contribution in [-0.4, -0.2) is 47.4 Å². The quantitative estimate of drug-likeness (QED) is 0.702. The highest BCUT2D eigenvalue weighted by Crippen LogP contribution is 2.37. The van der Waals surface area contributed by atoms with Crippen LogP contribution in [0.5, 0.6) is 5.88 Å². The van der Waals surface area contributed by atoms with Crippen molar-refractivity contribution in [3.63, 3.8) is 0 Å². The first-order valence-electron chi connectivity index (χ1n) is 9.82. The second-order valence-electron chi connectivity index (χ2n) is 7.31. The van der Waals surface area contributed by atoms with Gasteiger partial charge in [-0.1, -0.05) is 59.9 Å². The van der Waals surface area contributed by atoms with Crippen molar-refractivity contribution in [2.45, 2.75) is 6.54 Å². The molecule has 0 aliphatic carbocycles. The topological polar surface area (TPSA) is 52.0 Å². The maximum Gasteiger partial charge on any atom is 0.231 e. The first-order chi connectivity index (χ1) is 14.3. The predicted octanol–water partition coefficient (Wildman–Crippen LogP) is 4.43. The van der Waals surface area contributed by atoms with E-state index in [0.29, 0.717) is 0 Å². The van der Waals surface area contributed by atoms with Crippen molar-refractivity contribution in [1.29, 1.82) is 0 Å². The molecule has 3 aromatic rings. The van der Waals surface area contributed by atoms with Gasteiger partial charge in [0.25, 0.3) is 0 Å². The van der Waals surface area contributed by atoms with E-state index in [1.165, 1.54) is 5.56 Å². The number of piperazine rings is 1. The second kappa shape index (κ2) is 7.81. The molecule has 1 aromatic heterocycles. The fraction of sp³-hybridized carbons (Fsp3) is 0.217. The van der Waals surface area contributed by atoms with Gasteiger partial charge in [0, 0.05) is 50.1 Å². The Balaban J connectivity index is 1.27. The summed E-state index contributed by atoms with van der Waals surface area (Å²) in [5, 5.41) is 11.3. The Labute approximate surface area is 174 Å². The van der Waals surface area contributed by atoms with Crippen LogP contribution in [0.15, 0.2) is 59.6 Å². The number of allylic oxidation sites excluding steroid dienone is 1. The summed E-state index contributed by atoms with van der Waals surface area (Å²) in [6, 6.07) is 18.6. The van der Waals surface area contributed by atoms with Crippen LogP contribution < -0.4 is 4.90 Å². The van der Waals surface area contributed by atoms with Crippen LogP contribution in [0.4, 0.5) is 10.8 Å². The third-order valence-corrected chi connectivity index (χ3v) is 6.41. The fourth-order valence-corrected chi connectivity index (χ4v) is 4.74. The third-order valence-electron chi connectivity index (χ3n) is 5.36. The lowest BCUT2D eigenvalue weighted by Crippen LogP contribution is -2.45. The van der Waals surface area contributed by atoms with Gasteiger partial charge in [-0.3, -0.25) is 9.89 Å². The van der Waals surface area contributed by atoms with Crippen molar-refractivity contribution >= 4 is 40.0 Å². The van der Waals surface area contributed by atoms with Gasteiger partial charge in [-0.2, -0.15) is 4.98 Å². The summed E-state index contributed by atoms with van der Waals surface area (Å²) in [4.78, 5) is 14.4. The van der Waals surface area contributed by atoms with E-state index in [2.05, 4.69) is 56.2 Å². The molecule has 0 unspecified atom stereocenters. The number of anilines is 1. The van der Waals surface area contributed by atoms with Gasteiger partial charge in [0.1, 0.15) is 0 Å². The zero-order valence-electron chi connectivity index (χ0n) is 16.0. The van der Waals surface area contributed by atoms with Crippen LogP contribution in [0.25, 0.3) is 11.6 Å². The number of thiazole rings is 1. The molecule has 0 bridgehead atoms. The highest BCUT2D eigenvalue weighted by atomic mass is 32.1. The van der Waals surface area contributed by atoms with Gasteiger partial charge >= 0.3 is 0 Å². The van der Waals surface area contributed by atoms with E-state index in [9.17, 15) is 5.11 Å². The van der Waals surface area contributed by atoms with Gasteiger partial charge in [-0.15, -0.1) is 0 Å². The summed E-state index contributed by atoms with van der Waals surface area (Å²) in [7, 11) is 0. The molecule has 0 radical (unpaired) electrons. The maximum atomic E-state index is 10.4. The van der Waals surface area contributed by atoms with E-state index in [-0.39, 0.29) is 5.88 Å². The molecule has 0 amide bonds. The molecule has 2 aliphatic rings. The standard InChI is InChI=1S/C23H22N4OS/c28-22-21(14-18-15-24-20-9-5-4-8-19(18)20)29-23(25-22)27-12-10-26(11-13-27)16-17-6-2-1-3-7-17/h1-9,14-15,28H,10-13,16H2. The van der Waals surface area contributed by atoms with E-state index in [1.807, 2.05) is 30.5 Å². The second-order valence-corrected chi connectivity index (χ2v) is 8.32. The third kappa shape index (κ3) is 3.81. The Hall–Kier alpha value is -2.96. The Morgan fingerprint density at radius 3 is 2.55 bits per heavy atom. The van der Waals surface area contributed by atoms with Crippen molar-refractivity contribution < 1.29 is 5.11 Å². The molecule has 2 aromatic carbocycles. The smallest absolute Gasteiger partial charge is 0.231 e. The molecule has 146 valence electrons. The molecular weight excluding hydrogens is 380 g/mol. The Morgan fingerprint density at radius 1 is 0.966 bits per heavy atom. The van der Waals surface area contributed by atoms with Crippen molar-refractivity contribution in [3.05, 3.63) is 70.6 Å². The molecule has 0 saturated carbocycles. The van der Waals surface area contributed by atoms with Crippen LogP contribution in [0, 0.1) is 0 Å². The monoisotopic (exact) mass is 402 g/mol. The van der Waals surface area contributed by atoms with E-state index in [0.717, 1.165) is 59.6 Å². The minimum absolute atomic E-state index is 0.0991. The molecule has 5 nitrogen and oxygen atoms in total. The molecule has 1 fully saturated rings. The number of benzene rings is 2. The minimum atomic E-state index is 0.0991. The summed E-state index contributed by atoms with van der Waals surface area (Å²) < 4.78 is 0. The maximum absolute atomic E-state index is 10.4. The molecule has 0 atom stereocenters. The number of fused-ring (bicyclic) bond motifs is 1. The normalized spacial score (nSPS) is 17.8. The predicted molar refractivity (Wildman–Crippen MR) is 120 cm³/mol. The number of aliphatic imine (C=N–C) groups is 1. The first-order valence-corrected chi connectivity index (χ1v) is 10.6. The largest absolute Gasteiger partial charge is 0.492 e. The van der Waals surface area contributed by atoms with Crippen LogP contribution >= 0.6 is 11.3 Å². The van der Waals surface area contributed by atoms with E-state index >= 15 is 0 Å². The molecular formula is C23H22N4OS. The van der Waals surface area contributed by atoms with Crippen LogP contribution in [-0.2, 0) is 6.54 Å². The fourth-order valence-electron chi connectivity index (χ4n) is 3.78. The summed E-state index contributed by atoms with van der Waals surface area (Å²) >= 11 is 1.54. The van der Waals surface area contributed by atoms with Gasteiger partial charge in [-0.05, 0) is 17.7 Å². The zero-order valence-corrected chi connectivity index (χ0v) is 16.8. The number of aromatic nitrogens is 1. The van der Waals surface area contributed by atoms with Crippen LogP contribution in [0.2, 0.25) is 0 Å².